The van der Waals surface area contributed by atoms with Crippen LogP contribution in [0.3, 0.4) is 0 Å². The van der Waals surface area contributed by atoms with Crippen molar-refractivity contribution in [3.05, 3.63) is 77.2 Å². The Hall–Kier alpha value is -4.14. The van der Waals surface area contributed by atoms with Crippen molar-refractivity contribution in [2.45, 2.75) is 59.9 Å². The molecule has 0 saturated heterocycles. The van der Waals surface area contributed by atoms with Crippen LogP contribution in [0, 0.1) is 18.3 Å². The van der Waals surface area contributed by atoms with Crippen molar-refractivity contribution in [1.29, 1.82) is 0 Å². The van der Waals surface area contributed by atoms with E-state index < -0.39 is 11.4 Å². The predicted molar refractivity (Wildman–Crippen MR) is 146 cm³/mol. The van der Waals surface area contributed by atoms with E-state index >= 15 is 0 Å². The van der Waals surface area contributed by atoms with Gasteiger partial charge < -0.3 is 25.6 Å². The maximum Gasteiger partial charge on any atom is 0.323 e. The Morgan fingerprint density at radius 2 is 1.71 bits per heavy atom. The van der Waals surface area contributed by atoms with Crippen LogP contribution in [0.4, 0.5) is 16.2 Å². The van der Waals surface area contributed by atoms with Crippen LogP contribution in [0.5, 0.6) is 0 Å². The number of aryl methyl sites for hydroxylation is 1. The van der Waals surface area contributed by atoms with Crippen LogP contribution in [0.2, 0.25) is 0 Å². The molecule has 9 heteroatoms. The molecule has 1 heterocycles. The maximum absolute atomic E-state index is 12.9. The minimum atomic E-state index is -0.990. The summed E-state index contributed by atoms with van der Waals surface area (Å²) in [5, 5.41) is 22.2. The van der Waals surface area contributed by atoms with Crippen LogP contribution in [0.1, 0.15) is 62.7 Å². The van der Waals surface area contributed by atoms with Gasteiger partial charge in [-0.15, -0.1) is 0 Å². The number of amides is 3. The fourth-order valence-electron chi connectivity index (χ4n) is 3.95. The van der Waals surface area contributed by atoms with Gasteiger partial charge in [-0.1, -0.05) is 49.3 Å². The largest absolute Gasteiger partial charge is 0.481 e. The van der Waals surface area contributed by atoms with Crippen LogP contribution in [0.15, 0.2) is 59.1 Å². The standard InChI is InChI=1S/C29H36N4O5/c1-18(2)14-24(25-16-22(38-33-25)17-29(4,5)27(35)36)31-26(34)15-20-10-12-21(13-11-20)30-28(37)32-23-9-7-6-8-19(23)3/h6-13,16,18,24H,14-15,17H2,1-5H3,(H,31,34)(H,35,36)(H2,30,32,37). The minimum absolute atomic E-state index is 0.154. The molecule has 9 nitrogen and oxygen atoms in total. The van der Waals surface area contributed by atoms with Crippen molar-refractivity contribution in [3.63, 3.8) is 0 Å². The summed E-state index contributed by atoms with van der Waals surface area (Å²) in [4.78, 5) is 36.6. The molecule has 0 aliphatic heterocycles. The van der Waals surface area contributed by atoms with Crippen LogP contribution in [-0.4, -0.2) is 28.2 Å². The van der Waals surface area contributed by atoms with E-state index in [2.05, 4.69) is 35.0 Å². The smallest absolute Gasteiger partial charge is 0.323 e. The number of anilines is 2. The van der Waals surface area contributed by atoms with Crippen molar-refractivity contribution in [1.82, 2.24) is 10.5 Å². The molecule has 3 rings (SSSR count). The fourth-order valence-corrected chi connectivity index (χ4v) is 3.95. The van der Waals surface area contributed by atoms with Gasteiger partial charge in [-0.3, -0.25) is 9.59 Å². The lowest BCUT2D eigenvalue weighted by Gasteiger charge is -2.18. The lowest BCUT2D eigenvalue weighted by molar-refractivity contribution is -0.147. The average molecular weight is 521 g/mol. The van der Waals surface area contributed by atoms with Crippen LogP contribution in [-0.2, 0) is 22.4 Å². The highest BCUT2D eigenvalue weighted by molar-refractivity contribution is 6.00. The molecule has 38 heavy (non-hydrogen) atoms. The molecule has 0 aliphatic carbocycles. The van der Waals surface area contributed by atoms with Gasteiger partial charge in [0.25, 0.3) is 0 Å². The molecule has 1 aromatic heterocycles. The van der Waals surface area contributed by atoms with E-state index in [-0.39, 0.29) is 36.7 Å². The summed E-state index contributed by atoms with van der Waals surface area (Å²) in [6.07, 6.45) is 1.00. The second-order valence-corrected chi connectivity index (χ2v) is 10.6. The van der Waals surface area contributed by atoms with Crippen LogP contribution < -0.4 is 16.0 Å². The zero-order chi connectivity index (χ0) is 27.9. The van der Waals surface area contributed by atoms with Crippen LogP contribution >= 0.6 is 0 Å². The first kappa shape index (κ1) is 28.4. The molecule has 3 amide bonds. The number of aromatic nitrogens is 1. The Balaban J connectivity index is 1.59. The molecule has 1 atom stereocenters. The number of carbonyl (C=O) groups excluding carboxylic acids is 2. The van der Waals surface area contributed by atoms with E-state index in [9.17, 15) is 19.5 Å². The first-order valence-corrected chi connectivity index (χ1v) is 12.6. The molecule has 0 bridgehead atoms. The number of benzene rings is 2. The molecular formula is C29H36N4O5. The lowest BCUT2D eigenvalue weighted by atomic mass is 9.88. The number of hydrogen-bond acceptors (Lipinski definition) is 5. The molecular weight excluding hydrogens is 484 g/mol. The van der Waals surface area contributed by atoms with Gasteiger partial charge in [0, 0.05) is 23.9 Å². The first-order valence-electron chi connectivity index (χ1n) is 12.6. The molecule has 0 spiro atoms. The van der Waals surface area contributed by atoms with Gasteiger partial charge in [0.15, 0.2) is 0 Å². The summed E-state index contributed by atoms with van der Waals surface area (Å²) in [6.45, 7) is 9.27. The van der Waals surface area contributed by atoms with Gasteiger partial charge in [-0.25, -0.2) is 4.79 Å². The molecule has 4 N–H and O–H groups in total. The minimum Gasteiger partial charge on any atom is -0.481 e. The quantitative estimate of drug-likeness (QED) is 0.255. The monoisotopic (exact) mass is 520 g/mol. The summed E-state index contributed by atoms with van der Waals surface area (Å²) in [6, 6.07) is 15.6. The normalized spacial score (nSPS) is 12.2. The van der Waals surface area contributed by atoms with E-state index in [0.29, 0.717) is 23.6 Å². The third kappa shape index (κ3) is 8.19. The Labute approximate surface area is 223 Å². The number of rotatable bonds is 11. The Kier molecular flexibility index (Phi) is 9.28. The molecule has 0 fully saturated rings. The summed E-state index contributed by atoms with van der Waals surface area (Å²) < 4.78 is 5.40. The third-order valence-corrected chi connectivity index (χ3v) is 6.14. The van der Waals surface area contributed by atoms with E-state index in [1.165, 1.54) is 0 Å². The van der Waals surface area contributed by atoms with Crippen molar-refractivity contribution >= 4 is 29.3 Å². The topological polar surface area (TPSA) is 134 Å². The molecule has 0 aliphatic rings. The number of carboxylic acids is 1. The van der Waals surface area contributed by atoms with Gasteiger partial charge in [-0.2, -0.15) is 0 Å². The Morgan fingerprint density at radius 3 is 2.34 bits per heavy atom. The van der Waals surface area contributed by atoms with Gasteiger partial charge in [0.05, 0.1) is 17.9 Å². The fraction of sp³-hybridized carbons (Fsp3) is 0.379. The molecule has 1 unspecified atom stereocenters. The number of aliphatic carboxylic acids is 1. The summed E-state index contributed by atoms with van der Waals surface area (Å²) in [5.74, 6) is -0.350. The van der Waals surface area contributed by atoms with Gasteiger partial charge in [-0.05, 0) is 62.4 Å². The lowest BCUT2D eigenvalue weighted by Crippen LogP contribution is -2.31. The predicted octanol–water partition coefficient (Wildman–Crippen LogP) is 5.73. The molecule has 2 aromatic carbocycles. The summed E-state index contributed by atoms with van der Waals surface area (Å²) in [5.41, 5.74) is 2.68. The number of carboxylic acid groups (broad SMARTS) is 1. The second-order valence-electron chi connectivity index (χ2n) is 10.6. The van der Waals surface area contributed by atoms with Gasteiger partial charge in [0.2, 0.25) is 5.91 Å². The SMILES string of the molecule is Cc1ccccc1NC(=O)Nc1ccc(CC(=O)NC(CC(C)C)c2cc(CC(C)(C)C(=O)O)on2)cc1. The zero-order valence-corrected chi connectivity index (χ0v) is 22.5. The number of nitrogens with one attached hydrogen (secondary N) is 3. The van der Waals surface area contributed by atoms with Crippen molar-refractivity contribution < 1.29 is 24.0 Å². The number of nitrogens with zero attached hydrogens (tertiary/aromatic N) is 1. The molecule has 0 saturated carbocycles. The summed E-state index contributed by atoms with van der Waals surface area (Å²) in [7, 11) is 0. The molecule has 0 radical (unpaired) electrons. The first-order chi connectivity index (χ1) is 17.9. The van der Waals surface area contributed by atoms with Gasteiger partial charge in [0.1, 0.15) is 11.5 Å². The van der Waals surface area contributed by atoms with E-state index in [4.69, 9.17) is 4.52 Å². The average Bonchev–Trinajstić information content (AvgIpc) is 3.29. The highest BCUT2D eigenvalue weighted by atomic mass is 16.5. The highest BCUT2D eigenvalue weighted by Gasteiger charge is 2.30. The van der Waals surface area contributed by atoms with E-state index in [1.807, 2.05) is 31.2 Å². The third-order valence-electron chi connectivity index (χ3n) is 6.14. The number of para-hydroxylation sites is 1. The summed E-state index contributed by atoms with van der Waals surface area (Å²) >= 11 is 0. The van der Waals surface area contributed by atoms with Crippen LogP contribution in [0.25, 0.3) is 0 Å². The van der Waals surface area contributed by atoms with Crippen molar-refractivity contribution in [2.75, 3.05) is 10.6 Å². The molecule has 3 aromatic rings. The van der Waals surface area contributed by atoms with E-state index in [1.54, 1.807) is 44.2 Å². The van der Waals surface area contributed by atoms with E-state index in [0.717, 1.165) is 16.8 Å². The van der Waals surface area contributed by atoms with Gasteiger partial charge >= 0.3 is 12.0 Å². The Morgan fingerprint density at radius 1 is 1.03 bits per heavy atom. The maximum atomic E-state index is 12.9. The number of carbonyl (C=O) groups is 3. The zero-order valence-electron chi connectivity index (χ0n) is 22.5. The highest BCUT2D eigenvalue weighted by Crippen LogP contribution is 2.26. The van der Waals surface area contributed by atoms with Crippen molar-refractivity contribution in [3.8, 4) is 0 Å². The Bertz CT molecular complexity index is 1260. The second kappa shape index (κ2) is 12.4. The number of urea groups is 1. The van der Waals surface area contributed by atoms with Crippen molar-refractivity contribution in [2.24, 2.45) is 11.3 Å². The molecule has 202 valence electrons. The number of hydrogen-bond donors (Lipinski definition) is 4.